The number of carbonyl (C=O) groups is 1. The van der Waals surface area contributed by atoms with Crippen LogP contribution in [-0.2, 0) is 9.47 Å². The minimum absolute atomic E-state index is 0.00882. The van der Waals surface area contributed by atoms with Crippen LogP contribution in [0.5, 0.6) is 0 Å². The van der Waals surface area contributed by atoms with Gasteiger partial charge in [-0.1, -0.05) is 0 Å². The molecule has 1 unspecified atom stereocenters. The van der Waals surface area contributed by atoms with E-state index in [1.54, 1.807) is 23.5 Å². The van der Waals surface area contributed by atoms with E-state index in [-0.39, 0.29) is 18.3 Å². The van der Waals surface area contributed by atoms with Crippen molar-refractivity contribution in [3.05, 3.63) is 24.3 Å². The lowest BCUT2D eigenvalue weighted by Crippen LogP contribution is -2.36. The van der Waals surface area contributed by atoms with E-state index in [1.807, 2.05) is 27.7 Å². The average molecular weight is 293 g/mol. The van der Waals surface area contributed by atoms with Gasteiger partial charge in [0.05, 0.1) is 30.6 Å². The van der Waals surface area contributed by atoms with Gasteiger partial charge >= 0.3 is 6.09 Å². The maximum absolute atomic E-state index is 12.0. The van der Waals surface area contributed by atoms with Crippen molar-refractivity contribution >= 4 is 6.09 Å². The Bertz CT molecular complexity index is 473. The van der Waals surface area contributed by atoms with Crippen LogP contribution in [0.2, 0.25) is 0 Å². The topological polar surface area (TPSA) is 64.5 Å². The third-order valence-electron chi connectivity index (χ3n) is 3.19. The Morgan fingerprint density at radius 2 is 2.19 bits per heavy atom. The maximum Gasteiger partial charge on any atom is 0.410 e. The van der Waals surface area contributed by atoms with E-state index in [9.17, 15) is 4.79 Å². The van der Waals surface area contributed by atoms with Gasteiger partial charge in [-0.15, -0.1) is 0 Å². The molecule has 0 aliphatic carbocycles. The molecule has 2 rings (SSSR count). The minimum atomic E-state index is -0.469. The molecule has 6 heteroatoms. The summed E-state index contributed by atoms with van der Waals surface area (Å²) < 4.78 is 11.3. The van der Waals surface area contributed by atoms with Gasteiger partial charge in [0, 0.05) is 18.9 Å². The molecular weight excluding hydrogens is 270 g/mol. The highest BCUT2D eigenvalue weighted by molar-refractivity contribution is 5.68. The van der Waals surface area contributed by atoms with Crippen LogP contribution in [0, 0.1) is 0 Å². The Morgan fingerprint density at radius 3 is 2.81 bits per heavy atom. The summed E-state index contributed by atoms with van der Waals surface area (Å²) in [6, 6.07) is 0. The van der Waals surface area contributed by atoms with Crippen LogP contribution in [0.15, 0.2) is 18.6 Å². The van der Waals surface area contributed by atoms with Gasteiger partial charge in [0.25, 0.3) is 0 Å². The van der Waals surface area contributed by atoms with Crippen LogP contribution >= 0.6 is 0 Å². The molecule has 6 nitrogen and oxygen atoms in total. The largest absolute Gasteiger partial charge is 0.444 e. The molecule has 0 N–H and O–H groups in total. The summed E-state index contributed by atoms with van der Waals surface area (Å²) in [5.74, 6) is 0. The van der Waals surface area contributed by atoms with E-state index in [2.05, 4.69) is 9.97 Å². The monoisotopic (exact) mass is 293 g/mol. The molecule has 2 atom stereocenters. The molecule has 2 heterocycles. The quantitative estimate of drug-likeness (QED) is 0.857. The van der Waals surface area contributed by atoms with Gasteiger partial charge in [-0.2, -0.15) is 0 Å². The standard InChI is InChI=1S/C15H23N3O3/c1-11(13-9-16-6-7-17-13)20-12-5-8-18(10-12)14(19)21-15(2,3)4/h6-7,9,11-12H,5,8,10H2,1-4H3/t11?,12-/m0/s1. The third kappa shape index (κ3) is 4.67. The Labute approximate surface area is 125 Å². The van der Waals surface area contributed by atoms with E-state index >= 15 is 0 Å². The minimum Gasteiger partial charge on any atom is -0.444 e. The van der Waals surface area contributed by atoms with Crippen LogP contribution in [0.3, 0.4) is 0 Å². The zero-order valence-corrected chi connectivity index (χ0v) is 13.1. The summed E-state index contributed by atoms with van der Waals surface area (Å²) in [5, 5.41) is 0. The molecule has 0 bridgehead atoms. The smallest absolute Gasteiger partial charge is 0.410 e. The highest BCUT2D eigenvalue weighted by Gasteiger charge is 2.31. The zero-order valence-electron chi connectivity index (χ0n) is 13.1. The van der Waals surface area contributed by atoms with Crippen molar-refractivity contribution in [2.75, 3.05) is 13.1 Å². The van der Waals surface area contributed by atoms with Crippen molar-refractivity contribution in [2.24, 2.45) is 0 Å². The maximum atomic E-state index is 12.0. The first-order chi connectivity index (χ1) is 9.85. The van der Waals surface area contributed by atoms with Crippen molar-refractivity contribution in [3.63, 3.8) is 0 Å². The number of aromatic nitrogens is 2. The van der Waals surface area contributed by atoms with Gasteiger partial charge in [0.2, 0.25) is 0 Å². The average Bonchev–Trinajstić information content (AvgIpc) is 2.86. The third-order valence-corrected chi connectivity index (χ3v) is 3.19. The van der Waals surface area contributed by atoms with Crippen molar-refractivity contribution in [1.29, 1.82) is 0 Å². The molecule has 1 saturated heterocycles. The summed E-state index contributed by atoms with van der Waals surface area (Å²) >= 11 is 0. The number of ether oxygens (including phenoxy) is 2. The molecule has 0 saturated carbocycles. The molecule has 0 aromatic carbocycles. The number of amides is 1. The summed E-state index contributed by atoms with van der Waals surface area (Å²) in [6.07, 6.45) is 5.39. The van der Waals surface area contributed by atoms with E-state index in [4.69, 9.17) is 9.47 Å². The second kappa shape index (κ2) is 6.39. The summed E-state index contributed by atoms with van der Waals surface area (Å²) in [5.41, 5.74) is 0.330. The number of hydrogen-bond acceptors (Lipinski definition) is 5. The fourth-order valence-corrected chi connectivity index (χ4v) is 2.21. The van der Waals surface area contributed by atoms with Crippen molar-refractivity contribution in [2.45, 2.75) is 51.9 Å². The lowest BCUT2D eigenvalue weighted by molar-refractivity contribution is -0.00572. The van der Waals surface area contributed by atoms with Gasteiger partial charge in [-0.05, 0) is 34.1 Å². The van der Waals surface area contributed by atoms with Crippen molar-refractivity contribution in [3.8, 4) is 0 Å². The van der Waals surface area contributed by atoms with E-state index in [0.29, 0.717) is 13.1 Å². The second-order valence-corrected chi connectivity index (χ2v) is 6.25. The molecule has 0 spiro atoms. The molecular formula is C15H23N3O3. The van der Waals surface area contributed by atoms with Gasteiger partial charge in [0.1, 0.15) is 5.60 Å². The zero-order chi connectivity index (χ0) is 15.5. The van der Waals surface area contributed by atoms with Gasteiger partial charge in [-0.3, -0.25) is 9.97 Å². The van der Waals surface area contributed by atoms with Gasteiger partial charge < -0.3 is 14.4 Å². The van der Waals surface area contributed by atoms with Crippen molar-refractivity contribution < 1.29 is 14.3 Å². The molecule has 21 heavy (non-hydrogen) atoms. The summed E-state index contributed by atoms with van der Waals surface area (Å²) in [4.78, 5) is 21.9. The Balaban J connectivity index is 1.84. The van der Waals surface area contributed by atoms with Gasteiger partial charge in [0.15, 0.2) is 0 Å². The molecule has 1 amide bonds. The van der Waals surface area contributed by atoms with Crippen LogP contribution < -0.4 is 0 Å². The van der Waals surface area contributed by atoms with Crippen LogP contribution in [0.1, 0.15) is 45.9 Å². The highest BCUT2D eigenvalue weighted by Crippen LogP contribution is 2.22. The molecule has 1 fully saturated rings. The molecule has 1 aromatic heterocycles. The number of carbonyl (C=O) groups excluding carboxylic acids is 1. The number of nitrogens with zero attached hydrogens (tertiary/aromatic N) is 3. The predicted molar refractivity (Wildman–Crippen MR) is 77.7 cm³/mol. The predicted octanol–water partition coefficient (Wildman–Crippen LogP) is 2.56. The lowest BCUT2D eigenvalue weighted by Gasteiger charge is -2.24. The first kappa shape index (κ1) is 15.7. The molecule has 1 aliphatic rings. The Morgan fingerprint density at radius 1 is 1.43 bits per heavy atom. The number of likely N-dealkylation sites (tertiary alicyclic amines) is 1. The summed E-state index contributed by atoms with van der Waals surface area (Å²) in [6.45, 7) is 8.76. The number of rotatable bonds is 3. The SMILES string of the molecule is CC(O[C@H]1CCN(C(=O)OC(C)(C)C)C1)c1cnccn1. The Hall–Kier alpha value is -1.69. The highest BCUT2D eigenvalue weighted by atomic mass is 16.6. The Kier molecular flexibility index (Phi) is 4.77. The van der Waals surface area contributed by atoms with Crippen LogP contribution in [-0.4, -0.2) is 45.8 Å². The molecule has 116 valence electrons. The second-order valence-electron chi connectivity index (χ2n) is 6.25. The lowest BCUT2D eigenvalue weighted by atomic mass is 10.2. The first-order valence-electron chi connectivity index (χ1n) is 7.24. The van der Waals surface area contributed by atoms with E-state index < -0.39 is 5.60 Å². The normalized spacial score (nSPS) is 20.4. The van der Waals surface area contributed by atoms with E-state index in [0.717, 1.165) is 12.1 Å². The molecule has 1 aliphatic heterocycles. The van der Waals surface area contributed by atoms with Crippen molar-refractivity contribution in [1.82, 2.24) is 14.9 Å². The molecule has 0 radical (unpaired) electrons. The molecule has 1 aromatic rings. The fourth-order valence-electron chi connectivity index (χ4n) is 2.21. The van der Waals surface area contributed by atoms with Gasteiger partial charge in [-0.25, -0.2) is 4.79 Å². The number of hydrogen-bond donors (Lipinski definition) is 0. The van der Waals surface area contributed by atoms with Crippen LogP contribution in [0.25, 0.3) is 0 Å². The summed E-state index contributed by atoms with van der Waals surface area (Å²) in [7, 11) is 0. The fraction of sp³-hybridized carbons (Fsp3) is 0.667. The first-order valence-corrected chi connectivity index (χ1v) is 7.24. The van der Waals surface area contributed by atoms with E-state index in [1.165, 1.54) is 0 Å². The van der Waals surface area contributed by atoms with Crippen LogP contribution in [0.4, 0.5) is 4.79 Å².